The SMILES string of the molecule is CCC=CCC1C(CC)C=CC(CC(C)(C)C)C1C(C)C. The fourth-order valence-electron chi connectivity index (χ4n) is 4.25. The second-order valence-electron chi connectivity index (χ2n) is 8.49. The van der Waals surface area contributed by atoms with Crippen LogP contribution in [0, 0.1) is 35.0 Å². The highest BCUT2D eigenvalue weighted by atomic mass is 14.4. The van der Waals surface area contributed by atoms with Crippen LogP contribution in [0.15, 0.2) is 24.3 Å². The van der Waals surface area contributed by atoms with E-state index in [1.165, 1.54) is 19.3 Å². The Hall–Kier alpha value is -0.520. The van der Waals surface area contributed by atoms with Gasteiger partial charge in [-0.25, -0.2) is 0 Å². The summed E-state index contributed by atoms with van der Waals surface area (Å²) in [6, 6.07) is 0. The highest BCUT2D eigenvalue weighted by Gasteiger charge is 2.37. The fourth-order valence-corrected chi connectivity index (χ4v) is 4.25. The molecule has 0 aliphatic heterocycles. The number of hydrogen-bond donors (Lipinski definition) is 0. The lowest BCUT2D eigenvalue weighted by molar-refractivity contribution is 0.110. The zero-order valence-electron chi connectivity index (χ0n) is 15.5. The van der Waals surface area contributed by atoms with Crippen LogP contribution in [0.1, 0.15) is 74.1 Å². The standard InChI is InChI=1S/C21H38/c1-8-10-11-12-19-17(9-2)13-14-18(15-21(5,6)7)20(19)16(3)4/h10-11,13-14,16-20H,8-9,12,15H2,1-7H3. The van der Waals surface area contributed by atoms with Gasteiger partial charge in [0.25, 0.3) is 0 Å². The molecule has 0 fully saturated rings. The predicted octanol–water partition coefficient (Wildman–Crippen LogP) is 6.88. The Morgan fingerprint density at radius 2 is 1.62 bits per heavy atom. The molecule has 21 heavy (non-hydrogen) atoms. The maximum Gasteiger partial charge on any atom is -0.0195 e. The summed E-state index contributed by atoms with van der Waals surface area (Å²) >= 11 is 0. The van der Waals surface area contributed by atoms with Gasteiger partial charge >= 0.3 is 0 Å². The molecule has 0 N–H and O–H groups in total. The molecule has 4 unspecified atom stereocenters. The van der Waals surface area contributed by atoms with E-state index in [4.69, 9.17) is 0 Å². The number of rotatable bonds is 6. The molecule has 0 bridgehead atoms. The van der Waals surface area contributed by atoms with Crippen molar-refractivity contribution in [3.05, 3.63) is 24.3 Å². The van der Waals surface area contributed by atoms with Crippen LogP contribution in [0.2, 0.25) is 0 Å². The molecule has 0 nitrogen and oxygen atoms in total. The first-order chi connectivity index (χ1) is 9.80. The quantitative estimate of drug-likeness (QED) is 0.468. The Kier molecular flexibility index (Phi) is 7.24. The molecule has 0 heteroatoms. The lowest BCUT2D eigenvalue weighted by atomic mass is 9.61. The van der Waals surface area contributed by atoms with E-state index in [0.29, 0.717) is 5.41 Å². The van der Waals surface area contributed by atoms with E-state index in [9.17, 15) is 0 Å². The Labute approximate surface area is 134 Å². The molecule has 0 saturated carbocycles. The first-order valence-electron chi connectivity index (χ1n) is 9.13. The second kappa shape index (κ2) is 8.20. The van der Waals surface area contributed by atoms with Gasteiger partial charge in [-0.2, -0.15) is 0 Å². The van der Waals surface area contributed by atoms with Gasteiger partial charge in [-0.05, 0) is 60.7 Å². The van der Waals surface area contributed by atoms with Crippen molar-refractivity contribution in [1.29, 1.82) is 0 Å². The number of hydrogen-bond acceptors (Lipinski definition) is 0. The Morgan fingerprint density at radius 1 is 1.00 bits per heavy atom. The van der Waals surface area contributed by atoms with Crippen LogP contribution in [0.3, 0.4) is 0 Å². The fraction of sp³-hybridized carbons (Fsp3) is 0.810. The van der Waals surface area contributed by atoms with Crippen molar-refractivity contribution in [2.45, 2.75) is 74.1 Å². The van der Waals surface area contributed by atoms with E-state index in [1.807, 2.05) is 0 Å². The summed E-state index contributed by atoms with van der Waals surface area (Å²) in [5, 5.41) is 0. The highest BCUT2D eigenvalue weighted by molar-refractivity contribution is 5.07. The van der Waals surface area contributed by atoms with Gasteiger partial charge in [0.2, 0.25) is 0 Å². The van der Waals surface area contributed by atoms with Gasteiger partial charge in [0, 0.05) is 0 Å². The lowest BCUT2D eigenvalue weighted by Gasteiger charge is -2.43. The van der Waals surface area contributed by atoms with E-state index < -0.39 is 0 Å². The minimum atomic E-state index is 0.422. The molecule has 122 valence electrons. The molecule has 0 aromatic heterocycles. The van der Waals surface area contributed by atoms with Gasteiger partial charge in [-0.1, -0.05) is 72.8 Å². The molecule has 0 saturated heterocycles. The third-order valence-electron chi connectivity index (χ3n) is 5.04. The molecule has 0 aromatic carbocycles. The van der Waals surface area contributed by atoms with Crippen LogP contribution in [-0.2, 0) is 0 Å². The Bertz CT molecular complexity index is 340. The van der Waals surface area contributed by atoms with Crippen molar-refractivity contribution < 1.29 is 0 Å². The van der Waals surface area contributed by atoms with Crippen LogP contribution < -0.4 is 0 Å². The van der Waals surface area contributed by atoms with Crippen molar-refractivity contribution in [3.63, 3.8) is 0 Å². The van der Waals surface area contributed by atoms with Crippen molar-refractivity contribution in [2.75, 3.05) is 0 Å². The third-order valence-corrected chi connectivity index (χ3v) is 5.04. The van der Waals surface area contributed by atoms with Gasteiger partial charge in [-0.15, -0.1) is 0 Å². The molecule has 4 atom stereocenters. The number of allylic oxidation sites excluding steroid dienone is 4. The molecule has 1 rings (SSSR count). The van der Waals surface area contributed by atoms with Crippen molar-refractivity contribution in [2.24, 2.45) is 35.0 Å². The molecule has 0 spiro atoms. The maximum absolute atomic E-state index is 2.56. The van der Waals surface area contributed by atoms with Gasteiger partial charge in [-0.3, -0.25) is 0 Å². The Balaban J connectivity index is 2.98. The normalized spacial score (nSPS) is 30.5. The van der Waals surface area contributed by atoms with Crippen LogP contribution in [0.5, 0.6) is 0 Å². The largest absolute Gasteiger partial charge is 0.0888 e. The van der Waals surface area contributed by atoms with E-state index >= 15 is 0 Å². The third kappa shape index (κ3) is 5.64. The van der Waals surface area contributed by atoms with E-state index in [-0.39, 0.29) is 0 Å². The molecule has 1 aliphatic carbocycles. The summed E-state index contributed by atoms with van der Waals surface area (Å²) < 4.78 is 0. The zero-order valence-corrected chi connectivity index (χ0v) is 15.5. The zero-order chi connectivity index (χ0) is 16.0. The lowest BCUT2D eigenvalue weighted by Crippen LogP contribution is -2.36. The molecule has 0 heterocycles. The summed E-state index contributed by atoms with van der Waals surface area (Å²) in [7, 11) is 0. The smallest absolute Gasteiger partial charge is 0.0195 e. The highest BCUT2D eigenvalue weighted by Crippen LogP contribution is 2.45. The predicted molar refractivity (Wildman–Crippen MR) is 96.3 cm³/mol. The van der Waals surface area contributed by atoms with Gasteiger partial charge in [0.1, 0.15) is 0 Å². The molecular weight excluding hydrogens is 252 g/mol. The second-order valence-corrected chi connectivity index (χ2v) is 8.49. The van der Waals surface area contributed by atoms with Crippen molar-refractivity contribution >= 4 is 0 Å². The van der Waals surface area contributed by atoms with Crippen LogP contribution >= 0.6 is 0 Å². The molecular formula is C21H38. The van der Waals surface area contributed by atoms with E-state index in [0.717, 1.165) is 36.0 Å². The summed E-state index contributed by atoms with van der Waals surface area (Å²) in [4.78, 5) is 0. The molecule has 0 amide bonds. The summed E-state index contributed by atoms with van der Waals surface area (Å²) in [6.45, 7) is 16.6. The van der Waals surface area contributed by atoms with Crippen LogP contribution in [-0.4, -0.2) is 0 Å². The van der Waals surface area contributed by atoms with E-state index in [1.54, 1.807) is 0 Å². The van der Waals surface area contributed by atoms with Crippen molar-refractivity contribution in [1.82, 2.24) is 0 Å². The summed E-state index contributed by atoms with van der Waals surface area (Å²) in [5.74, 6) is 3.97. The average molecular weight is 291 g/mol. The molecule has 0 radical (unpaired) electrons. The van der Waals surface area contributed by atoms with Gasteiger partial charge in [0.15, 0.2) is 0 Å². The van der Waals surface area contributed by atoms with Crippen LogP contribution in [0.4, 0.5) is 0 Å². The monoisotopic (exact) mass is 290 g/mol. The first kappa shape index (κ1) is 18.5. The minimum absolute atomic E-state index is 0.422. The molecule has 1 aliphatic rings. The Morgan fingerprint density at radius 3 is 2.10 bits per heavy atom. The van der Waals surface area contributed by atoms with Gasteiger partial charge in [0.05, 0.1) is 0 Å². The maximum atomic E-state index is 2.56. The van der Waals surface area contributed by atoms with E-state index in [2.05, 4.69) is 72.8 Å². The molecule has 0 aromatic rings. The summed E-state index contributed by atoms with van der Waals surface area (Å²) in [6.07, 6.45) is 14.9. The van der Waals surface area contributed by atoms with Crippen LogP contribution in [0.25, 0.3) is 0 Å². The summed E-state index contributed by atoms with van der Waals surface area (Å²) in [5.41, 5.74) is 0.422. The van der Waals surface area contributed by atoms with Gasteiger partial charge < -0.3 is 0 Å². The average Bonchev–Trinajstić information content (AvgIpc) is 2.37. The first-order valence-corrected chi connectivity index (χ1v) is 9.13. The minimum Gasteiger partial charge on any atom is -0.0888 e. The topological polar surface area (TPSA) is 0 Å². The van der Waals surface area contributed by atoms with Crippen molar-refractivity contribution in [3.8, 4) is 0 Å².